The smallest absolute Gasteiger partial charge is 0.339 e. The van der Waals surface area contributed by atoms with Gasteiger partial charge in [0.1, 0.15) is 11.3 Å². The lowest BCUT2D eigenvalue weighted by atomic mass is 10.0. The van der Waals surface area contributed by atoms with Crippen LogP contribution < -0.4 is 4.74 Å². The summed E-state index contributed by atoms with van der Waals surface area (Å²) in [5.41, 5.74) is -0.933. The first kappa shape index (κ1) is 11.7. The van der Waals surface area contributed by atoms with E-state index in [0.29, 0.717) is 0 Å². The second-order valence-electron chi connectivity index (χ2n) is 2.82. The summed E-state index contributed by atoms with van der Waals surface area (Å²) in [6.45, 7) is 0. The van der Waals surface area contributed by atoms with Gasteiger partial charge in [-0.15, -0.1) is 0 Å². The van der Waals surface area contributed by atoms with Crippen LogP contribution in [-0.2, 0) is 4.79 Å². The van der Waals surface area contributed by atoms with Gasteiger partial charge in [0.25, 0.3) is 0 Å². The Labute approximate surface area is 90.1 Å². The van der Waals surface area contributed by atoms with E-state index < -0.39 is 11.9 Å². The lowest BCUT2D eigenvalue weighted by Gasteiger charge is -2.08. The molecular formula is C10H7O6. The van der Waals surface area contributed by atoms with Gasteiger partial charge in [0, 0.05) is 0 Å². The zero-order valence-corrected chi connectivity index (χ0v) is 8.18. The van der Waals surface area contributed by atoms with Crippen LogP contribution in [0.4, 0.5) is 0 Å². The van der Waals surface area contributed by atoms with E-state index in [-0.39, 0.29) is 22.4 Å². The average Bonchev–Trinajstić information content (AvgIpc) is 2.26. The van der Waals surface area contributed by atoms with Crippen molar-refractivity contribution in [3.05, 3.63) is 28.8 Å². The number of hydrogen-bond acceptors (Lipinski definition) is 4. The van der Waals surface area contributed by atoms with Gasteiger partial charge in [-0.2, -0.15) is 0 Å². The van der Waals surface area contributed by atoms with Crippen molar-refractivity contribution in [2.24, 2.45) is 0 Å². The highest BCUT2D eigenvalue weighted by atomic mass is 16.5. The van der Waals surface area contributed by atoms with Crippen molar-refractivity contribution in [3.63, 3.8) is 0 Å². The van der Waals surface area contributed by atoms with Gasteiger partial charge in [0.05, 0.1) is 18.2 Å². The molecule has 1 radical (unpaired) electrons. The van der Waals surface area contributed by atoms with Gasteiger partial charge >= 0.3 is 11.9 Å². The third-order valence-corrected chi connectivity index (χ3v) is 1.88. The molecule has 1 rings (SSSR count). The Kier molecular flexibility index (Phi) is 3.24. The minimum atomic E-state index is -1.38. The maximum Gasteiger partial charge on any atom is 0.339 e. The Bertz CT molecular complexity index is 463. The second-order valence-corrected chi connectivity index (χ2v) is 2.82. The predicted molar refractivity (Wildman–Crippen MR) is 51.7 cm³/mol. The topological polar surface area (TPSA) is 101 Å². The molecule has 16 heavy (non-hydrogen) atoms. The number of hydrogen-bond donors (Lipinski definition) is 2. The van der Waals surface area contributed by atoms with E-state index in [1.54, 1.807) is 0 Å². The Morgan fingerprint density at radius 1 is 1.25 bits per heavy atom. The SMILES string of the molecule is COc1c([C]=O)cc(C(=O)O)cc1C(=O)O. The third kappa shape index (κ3) is 2.00. The molecule has 0 unspecified atom stereocenters. The van der Waals surface area contributed by atoms with E-state index in [9.17, 15) is 14.4 Å². The molecule has 0 fully saturated rings. The van der Waals surface area contributed by atoms with Crippen LogP contribution in [0.1, 0.15) is 26.3 Å². The minimum Gasteiger partial charge on any atom is -0.495 e. The quantitative estimate of drug-likeness (QED) is 0.772. The molecule has 0 aliphatic carbocycles. The number of carbonyl (C=O) groups excluding carboxylic acids is 1. The van der Waals surface area contributed by atoms with Crippen molar-refractivity contribution in [3.8, 4) is 5.75 Å². The highest BCUT2D eigenvalue weighted by Gasteiger charge is 2.19. The first-order valence-corrected chi connectivity index (χ1v) is 4.08. The maximum atomic E-state index is 10.8. The predicted octanol–water partition coefficient (Wildman–Crippen LogP) is 0.549. The van der Waals surface area contributed by atoms with Crippen LogP contribution in [-0.4, -0.2) is 35.5 Å². The van der Waals surface area contributed by atoms with E-state index in [0.717, 1.165) is 12.1 Å². The first-order chi connectivity index (χ1) is 7.51. The molecule has 0 atom stereocenters. The summed E-state index contributed by atoms with van der Waals surface area (Å²) in [6.07, 6.45) is 1.44. The lowest BCUT2D eigenvalue weighted by Crippen LogP contribution is -2.07. The van der Waals surface area contributed by atoms with Crippen molar-refractivity contribution in [2.75, 3.05) is 7.11 Å². The van der Waals surface area contributed by atoms with Crippen molar-refractivity contribution in [1.29, 1.82) is 0 Å². The van der Waals surface area contributed by atoms with Crippen LogP contribution in [0.5, 0.6) is 5.75 Å². The number of aromatic carboxylic acids is 2. The molecule has 83 valence electrons. The van der Waals surface area contributed by atoms with Gasteiger partial charge in [0.2, 0.25) is 6.29 Å². The average molecular weight is 223 g/mol. The zero-order chi connectivity index (χ0) is 12.3. The largest absolute Gasteiger partial charge is 0.495 e. The molecular weight excluding hydrogens is 216 g/mol. The molecule has 0 aliphatic rings. The summed E-state index contributed by atoms with van der Waals surface area (Å²) in [5.74, 6) is -2.91. The summed E-state index contributed by atoms with van der Waals surface area (Å²) in [5, 5.41) is 17.5. The van der Waals surface area contributed by atoms with Crippen LogP contribution in [0.2, 0.25) is 0 Å². The molecule has 0 bridgehead atoms. The molecule has 6 nitrogen and oxygen atoms in total. The molecule has 1 aromatic rings. The molecule has 1 aromatic carbocycles. The van der Waals surface area contributed by atoms with Crippen molar-refractivity contribution < 1.29 is 29.3 Å². The van der Waals surface area contributed by atoms with Crippen LogP contribution in [0.15, 0.2) is 12.1 Å². The molecule has 0 spiro atoms. The fraction of sp³-hybridized carbons (Fsp3) is 0.100. The molecule has 0 aliphatic heterocycles. The lowest BCUT2D eigenvalue weighted by molar-refractivity contribution is 0.0693. The Balaban J connectivity index is 3.55. The monoisotopic (exact) mass is 223 g/mol. The maximum absolute atomic E-state index is 10.8. The highest BCUT2D eigenvalue weighted by Crippen LogP contribution is 2.24. The second kappa shape index (κ2) is 4.43. The van der Waals surface area contributed by atoms with Gasteiger partial charge in [-0.1, -0.05) is 0 Å². The van der Waals surface area contributed by atoms with E-state index >= 15 is 0 Å². The van der Waals surface area contributed by atoms with Gasteiger partial charge < -0.3 is 14.9 Å². The summed E-state index contributed by atoms with van der Waals surface area (Å²) in [4.78, 5) is 32.0. The number of methoxy groups -OCH3 is 1. The van der Waals surface area contributed by atoms with E-state index in [2.05, 4.69) is 0 Å². The van der Waals surface area contributed by atoms with Crippen LogP contribution in [0.25, 0.3) is 0 Å². The molecule has 0 saturated heterocycles. The summed E-state index contributed by atoms with van der Waals surface area (Å²) < 4.78 is 4.73. The number of benzene rings is 1. The highest BCUT2D eigenvalue weighted by molar-refractivity contribution is 6.00. The fourth-order valence-corrected chi connectivity index (χ4v) is 1.21. The number of carbonyl (C=O) groups is 2. The van der Waals surface area contributed by atoms with Crippen LogP contribution in [0, 0.1) is 0 Å². The molecule has 0 amide bonds. The van der Waals surface area contributed by atoms with Gasteiger partial charge in [-0.3, -0.25) is 4.79 Å². The Hall–Kier alpha value is -2.37. The van der Waals surface area contributed by atoms with Crippen molar-refractivity contribution >= 4 is 18.2 Å². The van der Waals surface area contributed by atoms with Gasteiger partial charge in [-0.05, 0) is 12.1 Å². The standard InChI is InChI=1S/C10H7O6/c1-16-8-6(4-11)2-5(9(12)13)3-7(8)10(14)15/h2-3H,1H3,(H,12,13)(H,14,15). The zero-order valence-electron chi connectivity index (χ0n) is 8.18. The molecule has 0 aromatic heterocycles. The summed E-state index contributed by atoms with van der Waals surface area (Å²) >= 11 is 0. The summed E-state index contributed by atoms with van der Waals surface area (Å²) in [6, 6.07) is 1.92. The van der Waals surface area contributed by atoms with E-state index in [4.69, 9.17) is 14.9 Å². The molecule has 2 N–H and O–H groups in total. The third-order valence-electron chi connectivity index (χ3n) is 1.88. The fourth-order valence-electron chi connectivity index (χ4n) is 1.21. The number of carboxylic acid groups (broad SMARTS) is 2. The van der Waals surface area contributed by atoms with Crippen molar-refractivity contribution in [2.45, 2.75) is 0 Å². The van der Waals surface area contributed by atoms with Crippen LogP contribution >= 0.6 is 0 Å². The van der Waals surface area contributed by atoms with Crippen LogP contribution in [0.3, 0.4) is 0 Å². The number of ether oxygens (including phenoxy) is 1. The number of rotatable bonds is 4. The van der Waals surface area contributed by atoms with E-state index in [1.165, 1.54) is 13.4 Å². The molecule has 6 heteroatoms. The normalized spacial score (nSPS) is 9.56. The Morgan fingerprint density at radius 2 is 1.88 bits per heavy atom. The molecule has 0 heterocycles. The molecule has 0 saturated carbocycles. The number of carboxylic acids is 2. The van der Waals surface area contributed by atoms with Gasteiger partial charge in [-0.25, -0.2) is 9.59 Å². The minimum absolute atomic E-state index is 0.201. The van der Waals surface area contributed by atoms with E-state index in [1.807, 2.05) is 0 Å². The Morgan fingerprint density at radius 3 is 2.25 bits per heavy atom. The van der Waals surface area contributed by atoms with Crippen molar-refractivity contribution in [1.82, 2.24) is 0 Å². The first-order valence-electron chi connectivity index (χ1n) is 4.08. The van der Waals surface area contributed by atoms with Gasteiger partial charge in [0.15, 0.2) is 0 Å². The summed E-state index contributed by atoms with van der Waals surface area (Å²) in [7, 11) is 1.18.